The van der Waals surface area contributed by atoms with Gasteiger partial charge in [0.05, 0.1) is 16.9 Å². The minimum absolute atomic E-state index is 0.00277. The highest BCUT2D eigenvalue weighted by molar-refractivity contribution is 7.15. The number of thiazole rings is 1. The van der Waals surface area contributed by atoms with Crippen molar-refractivity contribution in [3.8, 4) is 10.6 Å². The standard InChI is InChI=1S/C24H26ClN3O2S/c1-15-22(31-23(27-15)16-8-10-18(25)11-9-16)13-20(26)17-5-4-12-28(14-17)21-7-3-2-6-19(21)24(29)30/h2-3,6-11,17,20H,4-5,12-14,26H2,1H3,(H,29,30)/t17?,20-/m1/s1. The van der Waals surface area contributed by atoms with Gasteiger partial charge in [-0.15, -0.1) is 11.3 Å². The van der Waals surface area contributed by atoms with Crippen LogP contribution in [0, 0.1) is 12.8 Å². The van der Waals surface area contributed by atoms with Crippen LogP contribution >= 0.6 is 22.9 Å². The molecule has 2 atom stereocenters. The van der Waals surface area contributed by atoms with Gasteiger partial charge in [0.25, 0.3) is 0 Å². The number of para-hydroxylation sites is 1. The van der Waals surface area contributed by atoms with Crippen LogP contribution in [-0.4, -0.2) is 35.2 Å². The molecule has 1 aromatic heterocycles. The Morgan fingerprint density at radius 1 is 1.29 bits per heavy atom. The Morgan fingerprint density at radius 2 is 2.03 bits per heavy atom. The Morgan fingerprint density at radius 3 is 2.77 bits per heavy atom. The van der Waals surface area contributed by atoms with E-state index in [0.29, 0.717) is 16.5 Å². The first-order chi connectivity index (χ1) is 14.9. The van der Waals surface area contributed by atoms with Crippen LogP contribution in [0.4, 0.5) is 5.69 Å². The normalized spacial score (nSPS) is 17.5. The molecule has 31 heavy (non-hydrogen) atoms. The summed E-state index contributed by atoms with van der Waals surface area (Å²) in [5.41, 5.74) is 9.89. The lowest BCUT2D eigenvalue weighted by Gasteiger charge is -2.37. The van der Waals surface area contributed by atoms with Crippen LogP contribution in [-0.2, 0) is 6.42 Å². The molecule has 2 heterocycles. The van der Waals surface area contributed by atoms with Gasteiger partial charge in [0.1, 0.15) is 5.01 Å². The second-order valence-electron chi connectivity index (χ2n) is 8.07. The summed E-state index contributed by atoms with van der Waals surface area (Å²) in [7, 11) is 0. The summed E-state index contributed by atoms with van der Waals surface area (Å²) in [5.74, 6) is -0.590. The number of carboxylic acid groups (broad SMARTS) is 1. The van der Waals surface area contributed by atoms with E-state index in [0.717, 1.165) is 54.3 Å². The van der Waals surface area contributed by atoms with Crippen LogP contribution in [0.5, 0.6) is 0 Å². The van der Waals surface area contributed by atoms with Gasteiger partial charge in [0.15, 0.2) is 0 Å². The first-order valence-corrected chi connectivity index (χ1v) is 11.7. The number of halogens is 1. The summed E-state index contributed by atoms with van der Waals surface area (Å²) < 4.78 is 0. The molecule has 0 amide bonds. The third kappa shape index (κ3) is 4.92. The molecular weight excluding hydrogens is 430 g/mol. The fraction of sp³-hybridized carbons (Fsp3) is 0.333. The Bertz CT molecular complexity index is 1070. The molecule has 0 spiro atoms. The number of aromatic nitrogens is 1. The summed E-state index contributed by atoms with van der Waals surface area (Å²) in [6, 6.07) is 15.0. The molecule has 1 aliphatic heterocycles. The summed E-state index contributed by atoms with van der Waals surface area (Å²) in [6.07, 6.45) is 2.83. The van der Waals surface area contributed by atoms with Gasteiger partial charge in [-0.1, -0.05) is 35.9 Å². The molecule has 5 nitrogen and oxygen atoms in total. The van der Waals surface area contributed by atoms with Gasteiger partial charge in [-0.2, -0.15) is 0 Å². The summed E-state index contributed by atoms with van der Waals surface area (Å²) in [5, 5.41) is 11.2. The van der Waals surface area contributed by atoms with Gasteiger partial charge in [-0.05, 0) is 56.4 Å². The third-order valence-corrected chi connectivity index (χ3v) is 7.42. The maximum Gasteiger partial charge on any atom is 0.337 e. The van der Waals surface area contributed by atoms with Crippen LogP contribution in [0.1, 0.15) is 33.8 Å². The summed E-state index contributed by atoms with van der Waals surface area (Å²) >= 11 is 7.69. The topological polar surface area (TPSA) is 79.5 Å². The number of aromatic carboxylic acids is 1. The number of carbonyl (C=O) groups is 1. The quantitative estimate of drug-likeness (QED) is 0.530. The number of rotatable bonds is 6. The third-order valence-electron chi connectivity index (χ3n) is 5.94. The Kier molecular flexibility index (Phi) is 6.60. The molecule has 162 valence electrons. The van der Waals surface area contributed by atoms with Crippen molar-refractivity contribution >= 4 is 34.6 Å². The molecule has 1 saturated heterocycles. The van der Waals surface area contributed by atoms with E-state index in [4.69, 9.17) is 22.3 Å². The zero-order valence-corrected chi connectivity index (χ0v) is 19.0. The lowest BCUT2D eigenvalue weighted by molar-refractivity contribution is 0.0697. The minimum atomic E-state index is -0.892. The first-order valence-electron chi connectivity index (χ1n) is 10.5. The van der Waals surface area contributed by atoms with Crippen molar-refractivity contribution < 1.29 is 9.90 Å². The van der Waals surface area contributed by atoms with E-state index in [-0.39, 0.29) is 6.04 Å². The second-order valence-corrected chi connectivity index (χ2v) is 9.59. The lowest BCUT2D eigenvalue weighted by Crippen LogP contribution is -2.45. The van der Waals surface area contributed by atoms with E-state index >= 15 is 0 Å². The van der Waals surface area contributed by atoms with E-state index in [1.165, 1.54) is 4.88 Å². The molecule has 0 radical (unpaired) electrons. The SMILES string of the molecule is Cc1nc(-c2ccc(Cl)cc2)sc1C[C@@H](N)C1CCCN(c2ccccc2C(=O)O)C1. The highest BCUT2D eigenvalue weighted by atomic mass is 35.5. The molecule has 3 aromatic rings. The van der Waals surface area contributed by atoms with Crippen molar-refractivity contribution in [1.82, 2.24) is 4.98 Å². The predicted molar refractivity (Wildman–Crippen MR) is 127 cm³/mol. The fourth-order valence-electron chi connectivity index (χ4n) is 4.22. The Labute approximate surface area is 191 Å². The molecule has 0 saturated carbocycles. The van der Waals surface area contributed by atoms with Gasteiger partial charge < -0.3 is 15.7 Å². The van der Waals surface area contributed by atoms with Gasteiger partial charge in [-0.25, -0.2) is 9.78 Å². The lowest BCUT2D eigenvalue weighted by atomic mass is 9.88. The van der Waals surface area contributed by atoms with Crippen molar-refractivity contribution in [2.24, 2.45) is 11.7 Å². The van der Waals surface area contributed by atoms with E-state index in [1.54, 1.807) is 23.5 Å². The highest BCUT2D eigenvalue weighted by Gasteiger charge is 2.28. The number of nitrogens with zero attached hydrogens (tertiary/aromatic N) is 2. The number of carboxylic acids is 1. The molecule has 0 bridgehead atoms. The molecule has 0 aliphatic carbocycles. The van der Waals surface area contributed by atoms with Crippen molar-refractivity contribution in [3.05, 3.63) is 69.7 Å². The highest BCUT2D eigenvalue weighted by Crippen LogP contribution is 2.32. The van der Waals surface area contributed by atoms with Gasteiger partial charge in [-0.3, -0.25) is 0 Å². The fourth-order valence-corrected chi connectivity index (χ4v) is 5.49. The van der Waals surface area contributed by atoms with E-state index in [1.807, 2.05) is 43.3 Å². The van der Waals surface area contributed by atoms with Crippen LogP contribution in [0.3, 0.4) is 0 Å². The maximum absolute atomic E-state index is 11.6. The van der Waals surface area contributed by atoms with Crippen molar-refractivity contribution in [1.29, 1.82) is 0 Å². The summed E-state index contributed by atoms with van der Waals surface area (Å²) in [4.78, 5) is 19.8. The zero-order valence-electron chi connectivity index (χ0n) is 17.4. The predicted octanol–water partition coefficient (Wildman–Crippen LogP) is 5.26. The molecule has 3 N–H and O–H groups in total. The smallest absolute Gasteiger partial charge is 0.337 e. The average molecular weight is 456 g/mol. The average Bonchev–Trinajstić information content (AvgIpc) is 3.14. The molecule has 1 fully saturated rings. The molecule has 1 aliphatic rings. The Hall–Kier alpha value is -2.41. The second kappa shape index (κ2) is 9.39. The molecule has 2 aromatic carbocycles. The number of aryl methyl sites for hydroxylation is 1. The van der Waals surface area contributed by atoms with Crippen molar-refractivity contribution in [2.75, 3.05) is 18.0 Å². The number of nitrogens with two attached hydrogens (primary N) is 1. The van der Waals surface area contributed by atoms with E-state index in [2.05, 4.69) is 4.90 Å². The van der Waals surface area contributed by atoms with E-state index < -0.39 is 5.97 Å². The molecular formula is C24H26ClN3O2S. The number of benzene rings is 2. The van der Waals surface area contributed by atoms with Crippen LogP contribution in [0.25, 0.3) is 10.6 Å². The number of anilines is 1. The number of piperidine rings is 1. The van der Waals surface area contributed by atoms with Crippen LogP contribution in [0.2, 0.25) is 5.02 Å². The van der Waals surface area contributed by atoms with Crippen molar-refractivity contribution in [3.63, 3.8) is 0 Å². The largest absolute Gasteiger partial charge is 0.478 e. The monoisotopic (exact) mass is 455 g/mol. The van der Waals surface area contributed by atoms with Crippen LogP contribution < -0.4 is 10.6 Å². The molecule has 7 heteroatoms. The van der Waals surface area contributed by atoms with Gasteiger partial charge in [0.2, 0.25) is 0 Å². The number of hydrogen-bond acceptors (Lipinski definition) is 5. The minimum Gasteiger partial charge on any atom is -0.478 e. The first kappa shape index (κ1) is 21.8. The van der Waals surface area contributed by atoms with Crippen LogP contribution in [0.15, 0.2) is 48.5 Å². The van der Waals surface area contributed by atoms with E-state index in [9.17, 15) is 9.90 Å². The summed E-state index contributed by atoms with van der Waals surface area (Å²) in [6.45, 7) is 3.66. The Balaban J connectivity index is 1.47. The zero-order chi connectivity index (χ0) is 22.0. The number of hydrogen-bond donors (Lipinski definition) is 2. The van der Waals surface area contributed by atoms with Crippen molar-refractivity contribution in [2.45, 2.75) is 32.2 Å². The van der Waals surface area contributed by atoms with Gasteiger partial charge in [0, 0.05) is 34.6 Å². The van der Waals surface area contributed by atoms with Gasteiger partial charge >= 0.3 is 5.97 Å². The molecule has 1 unspecified atom stereocenters. The maximum atomic E-state index is 11.6. The molecule has 4 rings (SSSR count).